The van der Waals surface area contributed by atoms with Gasteiger partial charge in [0, 0.05) is 28.8 Å². The molecule has 0 unspecified atom stereocenters. The van der Waals surface area contributed by atoms with Gasteiger partial charge in [0.05, 0.1) is 24.7 Å². The van der Waals surface area contributed by atoms with E-state index in [1.54, 1.807) is 35.1 Å². The summed E-state index contributed by atoms with van der Waals surface area (Å²) in [6, 6.07) is 12.1. The second-order valence-corrected chi connectivity index (χ2v) is 21.3. The van der Waals surface area contributed by atoms with Gasteiger partial charge in [-0.2, -0.15) is 0 Å². The van der Waals surface area contributed by atoms with Crippen LogP contribution in [0.3, 0.4) is 0 Å². The first-order valence-electron chi connectivity index (χ1n) is 21.8. The zero-order chi connectivity index (χ0) is 42.4. The van der Waals surface area contributed by atoms with Crippen LogP contribution in [-0.2, 0) is 17.8 Å². The lowest BCUT2D eigenvalue weighted by molar-refractivity contribution is -0.321. The number of Topliss-reactive ketones (excluding diaryl/α,β-unsaturated/α-hetero) is 2. The molecule has 2 aromatic rings. The highest BCUT2D eigenvalue weighted by atomic mass is 33.1. The number of rotatable bonds is 4. The molecule has 0 amide bonds. The number of dihydropyridines is 2. The van der Waals surface area contributed by atoms with Gasteiger partial charge in [-0.3, -0.25) is 9.59 Å². The quantitative estimate of drug-likeness (QED) is 0.198. The maximum atomic E-state index is 15.5. The van der Waals surface area contributed by atoms with Crippen molar-refractivity contribution in [1.82, 2.24) is 10.6 Å². The van der Waals surface area contributed by atoms with Crippen molar-refractivity contribution in [3.63, 3.8) is 0 Å². The van der Waals surface area contributed by atoms with Crippen LogP contribution in [0.25, 0.3) is 0 Å². The number of aliphatic hydroxyl groups excluding tert-OH is 5. The van der Waals surface area contributed by atoms with Gasteiger partial charge in [-0.05, 0) is 113 Å². The van der Waals surface area contributed by atoms with E-state index in [2.05, 4.69) is 16.7 Å². The van der Waals surface area contributed by atoms with Gasteiger partial charge in [0.15, 0.2) is 11.6 Å². The number of aliphatic hydroxyl groups is 6. The summed E-state index contributed by atoms with van der Waals surface area (Å²) < 4.78 is 12.6. The largest absolute Gasteiger partial charge is 0.511 e. The van der Waals surface area contributed by atoms with Crippen molar-refractivity contribution >= 4 is 33.2 Å². The molecule has 6 aliphatic heterocycles. The minimum absolute atomic E-state index is 0.00623. The molecule has 2 saturated carbocycles. The Morgan fingerprint density at radius 3 is 2.66 bits per heavy atom. The predicted octanol–water partition coefficient (Wildman–Crippen LogP) is 4.61. The third-order valence-corrected chi connectivity index (χ3v) is 18.6. The monoisotopic (exact) mass is 876 g/mol. The molecule has 6 heterocycles. The summed E-state index contributed by atoms with van der Waals surface area (Å²) in [5.74, 6) is -1.18. The molecular formula is C48H48N2O10S2. The van der Waals surface area contributed by atoms with Gasteiger partial charge in [0.1, 0.15) is 52.0 Å². The fourth-order valence-corrected chi connectivity index (χ4v) is 16.3. The smallest absolute Gasteiger partial charge is 0.229 e. The predicted molar refractivity (Wildman–Crippen MR) is 230 cm³/mol. The Morgan fingerprint density at radius 1 is 0.984 bits per heavy atom. The second kappa shape index (κ2) is 13.9. The molecule has 322 valence electrons. The van der Waals surface area contributed by atoms with Gasteiger partial charge in [0.2, 0.25) is 6.29 Å². The van der Waals surface area contributed by atoms with Gasteiger partial charge in [-0.15, -0.1) is 0 Å². The lowest BCUT2D eigenvalue weighted by Gasteiger charge is -2.59. The summed E-state index contributed by atoms with van der Waals surface area (Å²) in [5, 5.41) is 77.7. The lowest BCUT2D eigenvalue weighted by Crippen LogP contribution is -2.70. The number of nitrogens with one attached hydrogen (secondary N) is 2. The van der Waals surface area contributed by atoms with E-state index in [0.29, 0.717) is 25.0 Å². The third kappa shape index (κ3) is 5.14. The summed E-state index contributed by atoms with van der Waals surface area (Å²) >= 11 is 0. The Balaban J connectivity index is 1.03. The molecule has 0 radical (unpaired) electrons. The molecule has 12 bridgehead atoms. The molecule has 6 aliphatic carbocycles. The number of allylic oxidation sites excluding steroid dienone is 9. The topological polar surface area (TPSA) is 198 Å². The van der Waals surface area contributed by atoms with Crippen molar-refractivity contribution in [1.29, 1.82) is 0 Å². The highest BCUT2D eigenvalue weighted by molar-refractivity contribution is 8.77. The van der Waals surface area contributed by atoms with Gasteiger partial charge in [0.25, 0.3) is 0 Å². The number of carbonyl (C=O) groups excluding carboxylic acids is 2. The fraction of sp³-hybridized carbons (Fsp3) is 0.458. The van der Waals surface area contributed by atoms with Crippen molar-refractivity contribution in [3.8, 4) is 5.75 Å². The fourth-order valence-electron chi connectivity index (χ4n) is 13.3. The van der Waals surface area contributed by atoms with Crippen LogP contribution in [-0.4, -0.2) is 96.7 Å². The summed E-state index contributed by atoms with van der Waals surface area (Å²) in [6.07, 6.45) is 3.84. The zero-order valence-electron chi connectivity index (χ0n) is 33.8. The minimum atomic E-state index is -2.23. The van der Waals surface area contributed by atoms with Crippen molar-refractivity contribution in [2.75, 3.05) is 18.9 Å². The van der Waals surface area contributed by atoms with Crippen LogP contribution in [0.4, 0.5) is 0 Å². The Bertz CT molecular complexity index is 2580. The number of ketones is 2. The maximum absolute atomic E-state index is 15.5. The van der Waals surface area contributed by atoms with Crippen LogP contribution < -0.4 is 15.4 Å². The Morgan fingerprint density at radius 2 is 1.82 bits per heavy atom. The molecular weight excluding hydrogens is 829 g/mol. The van der Waals surface area contributed by atoms with Crippen molar-refractivity contribution in [3.05, 3.63) is 134 Å². The molecule has 14 rings (SSSR count). The average Bonchev–Trinajstić information content (AvgIpc) is 3.88. The van der Waals surface area contributed by atoms with Gasteiger partial charge < -0.3 is 50.7 Å². The molecule has 0 aromatic heterocycles. The zero-order valence-corrected chi connectivity index (χ0v) is 35.4. The number of benzene rings is 2. The Labute approximate surface area is 365 Å². The standard InChI is InChI=1S/C48H48N2O10S2/c51-18-23-4-1-3-22(13-23)14-24-15-31-39(54)28-5-2-6-32-36(28)41(56)47(31,34(53)16-24)21-61-62-44-29-11-10-27-30-12-9-26-8-7-25-17-49-43(50-44)37(35(27)29)38(25)46(26,30)20-48(58)40(55)33(19-52)60-45(59-32)42(48)57/h1-6,10,13,15-16,26,30-31,33,40,42,44-45,49-53,55,57-58H,7-9,11-12,14,17-21H2/t26-,30-,31-,33-,40-,42+,44-,45-,46-,47+,48+/m1/s1. The Hall–Kier alpha value is -4.12. The van der Waals surface area contributed by atoms with E-state index in [1.807, 2.05) is 24.3 Å². The highest BCUT2D eigenvalue weighted by Crippen LogP contribution is 2.72. The van der Waals surface area contributed by atoms with E-state index in [-0.39, 0.29) is 64.4 Å². The number of hydrogen-bond donors (Lipinski definition) is 8. The number of ether oxygens (including phenoxy) is 2. The first kappa shape index (κ1) is 39.5. The highest BCUT2D eigenvalue weighted by Gasteiger charge is 2.68. The summed E-state index contributed by atoms with van der Waals surface area (Å²) in [7, 11) is 3.02. The SMILES string of the molecule is O=C1c2cccc3c2C(=O)[C@]2(CSS[C@H]4NC5=C6C7=C4CC=C7[C@H]4CC[C@H]7CCC(=C6[C@]74C[C@]4(O)[C@H](O)[C@@H](CO)O[C@@H](O3)[C@@H]4O)CN5)C(O)=CC(Cc3cccc(CO)c3)=C[C@H]12. The van der Waals surface area contributed by atoms with Crippen molar-refractivity contribution in [2.45, 2.75) is 87.1 Å². The minimum Gasteiger partial charge on any atom is -0.511 e. The van der Waals surface area contributed by atoms with E-state index in [9.17, 15) is 35.4 Å². The summed E-state index contributed by atoms with van der Waals surface area (Å²) in [6.45, 7) is -0.199. The van der Waals surface area contributed by atoms with Crippen LogP contribution >= 0.6 is 21.6 Å². The van der Waals surface area contributed by atoms with Gasteiger partial charge in [-0.1, -0.05) is 70.1 Å². The van der Waals surface area contributed by atoms with Gasteiger partial charge in [-0.25, -0.2) is 0 Å². The van der Waals surface area contributed by atoms with E-state index in [0.717, 1.165) is 48.2 Å². The molecule has 3 fully saturated rings. The molecule has 12 aliphatic rings. The maximum Gasteiger partial charge on any atom is 0.229 e. The average molecular weight is 877 g/mol. The first-order valence-corrected chi connectivity index (χ1v) is 24.1. The molecule has 12 nitrogen and oxygen atoms in total. The third-order valence-electron chi connectivity index (χ3n) is 16.0. The molecule has 1 saturated heterocycles. The van der Waals surface area contributed by atoms with Gasteiger partial charge >= 0.3 is 0 Å². The molecule has 62 heavy (non-hydrogen) atoms. The van der Waals surface area contributed by atoms with E-state index >= 15 is 4.79 Å². The van der Waals surface area contributed by atoms with E-state index < -0.39 is 59.3 Å². The van der Waals surface area contributed by atoms with E-state index in [4.69, 9.17) is 9.47 Å². The van der Waals surface area contributed by atoms with Crippen LogP contribution in [0, 0.1) is 28.6 Å². The summed E-state index contributed by atoms with van der Waals surface area (Å²) in [5.41, 5.74) is 4.94. The first-order chi connectivity index (χ1) is 30.0. The molecule has 2 aromatic carbocycles. The van der Waals surface area contributed by atoms with E-state index in [1.165, 1.54) is 44.7 Å². The Kier molecular flexibility index (Phi) is 8.87. The molecule has 2 spiro atoms. The molecule has 14 heteroatoms. The van der Waals surface area contributed by atoms with Crippen molar-refractivity contribution < 1.29 is 49.7 Å². The lowest BCUT2D eigenvalue weighted by atomic mass is 9.49. The van der Waals surface area contributed by atoms with Crippen LogP contribution in [0.2, 0.25) is 0 Å². The molecule has 11 atom stereocenters. The second-order valence-electron chi connectivity index (χ2n) is 18.8. The normalized spacial score (nSPS) is 38.7. The van der Waals surface area contributed by atoms with Crippen LogP contribution in [0.5, 0.6) is 5.75 Å². The van der Waals surface area contributed by atoms with Crippen LogP contribution in [0.15, 0.2) is 111 Å². The molecule has 8 N–H and O–H groups in total. The number of carbonyl (C=O) groups is 2. The van der Waals surface area contributed by atoms with Crippen LogP contribution in [0.1, 0.15) is 70.4 Å². The van der Waals surface area contributed by atoms with Crippen molar-refractivity contribution in [2.24, 2.45) is 28.6 Å². The number of hydrogen-bond acceptors (Lipinski definition) is 14. The summed E-state index contributed by atoms with van der Waals surface area (Å²) in [4.78, 5) is 30.4.